The van der Waals surface area contributed by atoms with Gasteiger partial charge in [-0.3, -0.25) is 19.2 Å². The summed E-state index contributed by atoms with van der Waals surface area (Å²) in [6, 6.07) is 12.9. The Balaban J connectivity index is 0.000000507. The summed E-state index contributed by atoms with van der Waals surface area (Å²) in [5.41, 5.74) is 15.2. The van der Waals surface area contributed by atoms with Crippen molar-refractivity contribution in [3.8, 4) is 23.0 Å². The van der Waals surface area contributed by atoms with Crippen molar-refractivity contribution in [3.05, 3.63) is 90.9 Å². The molecule has 0 spiro atoms. The lowest BCUT2D eigenvalue weighted by Gasteiger charge is -2.14. The van der Waals surface area contributed by atoms with E-state index in [9.17, 15) is 19.2 Å². The Bertz CT molecular complexity index is 2030. The molecule has 64 heavy (non-hydrogen) atoms. The number of nitrogen functional groups attached to an aromatic ring is 2. The zero-order valence-corrected chi connectivity index (χ0v) is 43.6. The van der Waals surface area contributed by atoms with Gasteiger partial charge in [0.1, 0.15) is 23.0 Å². The average Bonchev–Trinajstić information content (AvgIpc) is 3.26. The van der Waals surface area contributed by atoms with Crippen LogP contribution in [0.1, 0.15) is 108 Å². The van der Waals surface area contributed by atoms with E-state index in [1.807, 2.05) is 0 Å². The van der Waals surface area contributed by atoms with E-state index in [0.29, 0.717) is 76.7 Å². The van der Waals surface area contributed by atoms with Gasteiger partial charge in [0.25, 0.3) is 0 Å². The number of alkyl halides is 2. The molecular formula is C46H58Br2Cl4N4O8. The molecule has 4 aromatic rings. The van der Waals surface area contributed by atoms with Gasteiger partial charge in [-0.05, 0) is 84.1 Å². The van der Waals surface area contributed by atoms with E-state index >= 15 is 0 Å². The van der Waals surface area contributed by atoms with Crippen LogP contribution in [0.2, 0.25) is 20.1 Å². The fourth-order valence-corrected chi connectivity index (χ4v) is 7.11. The summed E-state index contributed by atoms with van der Waals surface area (Å²) in [5.74, 6) is 1.54. The number of Topliss-reactive ketones (excluding diaryl/α,β-unsaturated/α-hetero) is 4. The number of methoxy groups -OCH3 is 4. The molecule has 0 aliphatic carbocycles. The Morgan fingerprint density at radius 3 is 0.984 bits per heavy atom. The molecule has 0 aromatic heterocycles. The molecule has 4 aromatic carbocycles. The van der Waals surface area contributed by atoms with Gasteiger partial charge in [0, 0.05) is 48.0 Å². The van der Waals surface area contributed by atoms with Gasteiger partial charge in [-0.2, -0.15) is 0 Å². The summed E-state index contributed by atoms with van der Waals surface area (Å²) < 4.78 is 20.5. The van der Waals surface area contributed by atoms with Gasteiger partial charge in [-0.25, -0.2) is 0 Å². The highest BCUT2D eigenvalue weighted by Crippen LogP contribution is 2.33. The molecule has 0 aliphatic rings. The number of hydrogen-bond donors (Lipinski definition) is 4. The maximum absolute atomic E-state index is 11.7. The van der Waals surface area contributed by atoms with Crippen LogP contribution in [-0.2, 0) is 0 Å². The minimum atomic E-state index is -0.0984. The zero-order chi connectivity index (χ0) is 48.5. The Hall–Kier alpha value is -3.92. The second kappa shape index (κ2) is 31.1. The van der Waals surface area contributed by atoms with Crippen molar-refractivity contribution in [2.45, 2.75) is 66.2 Å². The smallest absolute Gasteiger partial charge is 0.163 e. The normalized spacial score (nSPS) is 10.1. The second-order valence-corrected chi connectivity index (χ2v) is 17.0. The molecule has 0 unspecified atom stereocenters. The van der Waals surface area contributed by atoms with Crippen molar-refractivity contribution in [2.75, 3.05) is 74.3 Å². The van der Waals surface area contributed by atoms with Crippen LogP contribution in [0.5, 0.6) is 23.0 Å². The summed E-state index contributed by atoms with van der Waals surface area (Å²) in [6.45, 7) is 7.34. The summed E-state index contributed by atoms with van der Waals surface area (Å²) in [4.78, 5) is 45.5. The van der Waals surface area contributed by atoms with Crippen LogP contribution < -0.4 is 41.0 Å². The van der Waals surface area contributed by atoms with Gasteiger partial charge in [-0.15, -0.1) is 0 Å². The maximum atomic E-state index is 11.7. The fourth-order valence-electron chi connectivity index (χ4n) is 5.53. The number of benzene rings is 4. The predicted molar refractivity (Wildman–Crippen MR) is 273 cm³/mol. The highest BCUT2D eigenvalue weighted by atomic mass is 79.9. The summed E-state index contributed by atoms with van der Waals surface area (Å²) in [7, 11) is 6.02. The zero-order valence-electron chi connectivity index (χ0n) is 37.4. The highest BCUT2D eigenvalue weighted by Gasteiger charge is 2.15. The number of carbonyl (C=O) groups excluding carboxylic acids is 4. The number of anilines is 4. The first kappa shape index (κ1) is 58.1. The molecule has 0 radical (unpaired) electrons. The van der Waals surface area contributed by atoms with Crippen LogP contribution >= 0.6 is 78.3 Å². The first-order valence-corrected chi connectivity index (χ1v) is 23.7. The van der Waals surface area contributed by atoms with Crippen LogP contribution in [0, 0.1) is 0 Å². The van der Waals surface area contributed by atoms with Crippen molar-refractivity contribution in [3.63, 3.8) is 0 Å². The number of ether oxygens (including phenoxy) is 4. The summed E-state index contributed by atoms with van der Waals surface area (Å²) >= 11 is 30.8. The van der Waals surface area contributed by atoms with Crippen molar-refractivity contribution in [2.24, 2.45) is 0 Å². The molecule has 0 atom stereocenters. The van der Waals surface area contributed by atoms with Gasteiger partial charge in [0.2, 0.25) is 0 Å². The SMILES string of the molecule is BrCCCCCBr.COc1cc(N)c(Cl)cc1C(C)=O.COc1cc(N)c(Cl)cc1C(C)=O.COc1cc(NCCCCCNc2cc(OC)c(C(C)=O)cc2Cl)c(Cl)cc1C(C)=O. The lowest BCUT2D eigenvalue weighted by molar-refractivity contribution is 0.100. The van der Waals surface area contributed by atoms with E-state index in [2.05, 4.69) is 42.5 Å². The third-order valence-electron chi connectivity index (χ3n) is 8.98. The summed E-state index contributed by atoms with van der Waals surface area (Å²) in [6.07, 6.45) is 6.83. The van der Waals surface area contributed by atoms with Crippen molar-refractivity contribution >= 4 is 124 Å². The molecule has 0 fully saturated rings. The average molecular weight is 1100 g/mol. The van der Waals surface area contributed by atoms with Gasteiger partial charge >= 0.3 is 0 Å². The van der Waals surface area contributed by atoms with E-state index in [1.165, 1.54) is 87.5 Å². The predicted octanol–water partition coefficient (Wildman–Crippen LogP) is 13.3. The molecule has 0 bridgehead atoms. The van der Waals surface area contributed by atoms with Crippen molar-refractivity contribution in [1.29, 1.82) is 0 Å². The Morgan fingerprint density at radius 2 is 0.719 bits per heavy atom. The third kappa shape index (κ3) is 19.7. The van der Waals surface area contributed by atoms with Gasteiger partial charge < -0.3 is 41.0 Å². The number of unbranched alkanes of at least 4 members (excludes halogenated alkanes) is 4. The van der Waals surface area contributed by atoms with Gasteiger partial charge in [-0.1, -0.05) is 84.7 Å². The molecule has 12 nitrogen and oxygen atoms in total. The number of nitrogens with one attached hydrogen (secondary N) is 2. The van der Waals surface area contributed by atoms with Crippen LogP contribution in [-0.4, -0.2) is 75.3 Å². The number of ketones is 4. The molecule has 0 amide bonds. The molecule has 0 aliphatic heterocycles. The topological polar surface area (TPSA) is 181 Å². The van der Waals surface area contributed by atoms with E-state index in [-0.39, 0.29) is 23.1 Å². The monoisotopic (exact) mass is 1090 g/mol. The quantitative estimate of drug-likeness (QED) is 0.0285. The first-order chi connectivity index (χ1) is 30.3. The number of halogens is 6. The first-order valence-electron chi connectivity index (χ1n) is 20.0. The molecule has 6 N–H and O–H groups in total. The standard InChI is InChI=1S/C23H28Cl2N2O4.2C9H10ClNO2.C5H10Br2/c1-14(28)16-10-18(24)20(12-22(16)30-3)26-8-6-5-7-9-27-21-13-23(31-4)17(15(2)29)11-19(21)25;2*1-5(12)6-3-7(10)8(11)4-9(6)13-2;6-4-2-1-3-5-7/h10-13,26-27H,5-9H2,1-4H3;2*3-4H,11H2,1-2H3;1-5H2. The lowest BCUT2D eigenvalue weighted by atomic mass is 10.1. The minimum Gasteiger partial charge on any atom is -0.496 e. The number of hydrogen-bond acceptors (Lipinski definition) is 12. The van der Waals surface area contributed by atoms with Crippen molar-refractivity contribution < 1.29 is 38.1 Å². The van der Waals surface area contributed by atoms with Crippen LogP contribution in [0.15, 0.2) is 48.5 Å². The van der Waals surface area contributed by atoms with E-state index in [0.717, 1.165) is 54.4 Å². The Morgan fingerprint density at radius 1 is 0.453 bits per heavy atom. The lowest BCUT2D eigenvalue weighted by Crippen LogP contribution is -2.07. The highest BCUT2D eigenvalue weighted by molar-refractivity contribution is 9.09. The van der Waals surface area contributed by atoms with E-state index in [1.54, 1.807) is 36.4 Å². The molecular weight excluding hydrogens is 1040 g/mol. The molecule has 0 heterocycles. The third-order valence-corrected chi connectivity index (χ3v) is 11.4. The van der Waals surface area contributed by atoms with Gasteiger partial charge in [0.05, 0.1) is 93.5 Å². The second-order valence-electron chi connectivity index (χ2n) is 13.8. The minimum absolute atomic E-state index is 0.0912. The maximum Gasteiger partial charge on any atom is 0.163 e. The number of nitrogens with two attached hydrogens (primary N) is 2. The summed E-state index contributed by atoms with van der Waals surface area (Å²) in [5, 5.41) is 10.6. The molecule has 18 heteroatoms. The van der Waals surface area contributed by atoms with Crippen LogP contribution in [0.4, 0.5) is 22.7 Å². The fraction of sp³-hybridized carbons (Fsp3) is 0.391. The number of rotatable bonds is 20. The Labute approximate surface area is 413 Å². The van der Waals surface area contributed by atoms with E-state index in [4.69, 9.17) is 76.8 Å². The van der Waals surface area contributed by atoms with Crippen LogP contribution in [0.3, 0.4) is 0 Å². The van der Waals surface area contributed by atoms with Gasteiger partial charge in [0.15, 0.2) is 23.1 Å². The van der Waals surface area contributed by atoms with Crippen LogP contribution in [0.25, 0.3) is 0 Å². The molecule has 0 saturated carbocycles. The largest absolute Gasteiger partial charge is 0.496 e. The molecule has 4 rings (SSSR count). The molecule has 0 saturated heterocycles. The van der Waals surface area contributed by atoms with Crippen molar-refractivity contribution in [1.82, 2.24) is 0 Å². The number of carbonyl (C=O) groups is 4. The Kier molecular flexibility index (Phi) is 28.2. The van der Waals surface area contributed by atoms with E-state index < -0.39 is 0 Å². The molecule has 352 valence electrons.